The number of likely N-dealkylation sites (N-methyl/N-ethyl adjacent to an activating group) is 1. The van der Waals surface area contributed by atoms with Gasteiger partial charge in [-0.3, -0.25) is 4.79 Å². The van der Waals surface area contributed by atoms with E-state index in [1.165, 1.54) is 6.33 Å². The molecule has 1 N–H and O–H groups in total. The van der Waals surface area contributed by atoms with Crippen molar-refractivity contribution in [2.75, 3.05) is 42.9 Å². The summed E-state index contributed by atoms with van der Waals surface area (Å²) in [6.45, 7) is 13.4. The van der Waals surface area contributed by atoms with E-state index in [2.05, 4.69) is 51.9 Å². The highest BCUT2D eigenvalue weighted by molar-refractivity contribution is 6.04. The SMILES string of the molecule is CCN1CCN(c2cc(C(=O)Nc3c(C)cccc3C(C)C)ncn2)CC1. The van der Waals surface area contributed by atoms with Gasteiger partial charge in [-0.2, -0.15) is 0 Å². The molecule has 1 aliphatic rings. The minimum absolute atomic E-state index is 0.193. The Kier molecular flexibility index (Phi) is 6.06. The van der Waals surface area contributed by atoms with Crippen LogP contribution in [0.3, 0.4) is 0 Å². The van der Waals surface area contributed by atoms with Gasteiger partial charge in [0.05, 0.1) is 0 Å². The highest BCUT2D eigenvalue weighted by Crippen LogP contribution is 2.28. The van der Waals surface area contributed by atoms with Crippen LogP contribution >= 0.6 is 0 Å². The largest absolute Gasteiger partial charge is 0.354 e. The van der Waals surface area contributed by atoms with E-state index in [0.717, 1.165) is 55.4 Å². The molecule has 1 aromatic heterocycles. The Hall–Kier alpha value is -2.47. The van der Waals surface area contributed by atoms with Crippen LogP contribution in [-0.2, 0) is 0 Å². The van der Waals surface area contributed by atoms with E-state index in [1.54, 1.807) is 6.07 Å². The molecule has 1 aliphatic heterocycles. The monoisotopic (exact) mass is 367 g/mol. The second-order valence-electron chi connectivity index (χ2n) is 7.33. The van der Waals surface area contributed by atoms with Gasteiger partial charge in [0, 0.05) is 37.9 Å². The molecule has 0 saturated carbocycles. The maximum atomic E-state index is 12.8. The minimum Gasteiger partial charge on any atom is -0.354 e. The van der Waals surface area contributed by atoms with Crippen molar-refractivity contribution in [1.29, 1.82) is 0 Å². The van der Waals surface area contributed by atoms with Crippen molar-refractivity contribution in [3.8, 4) is 0 Å². The van der Waals surface area contributed by atoms with Crippen LogP contribution in [0.15, 0.2) is 30.6 Å². The third kappa shape index (κ3) is 4.45. The fourth-order valence-electron chi connectivity index (χ4n) is 3.46. The lowest BCUT2D eigenvalue weighted by molar-refractivity contribution is 0.102. The molecular formula is C21H29N5O. The quantitative estimate of drug-likeness (QED) is 0.879. The van der Waals surface area contributed by atoms with Crippen molar-refractivity contribution < 1.29 is 4.79 Å². The lowest BCUT2D eigenvalue weighted by atomic mass is 9.98. The van der Waals surface area contributed by atoms with Gasteiger partial charge in [-0.1, -0.05) is 39.0 Å². The first-order valence-corrected chi connectivity index (χ1v) is 9.69. The molecule has 27 heavy (non-hydrogen) atoms. The van der Waals surface area contributed by atoms with E-state index < -0.39 is 0 Å². The predicted molar refractivity (Wildman–Crippen MR) is 110 cm³/mol. The highest BCUT2D eigenvalue weighted by Gasteiger charge is 2.19. The first kappa shape index (κ1) is 19.3. The lowest BCUT2D eigenvalue weighted by Gasteiger charge is -2.34. The number of carbonyl (C=O) groups is 1. The van der Waals surface area contributed by atoms with E-state index in [4.69, 9.17) is 0 Å². The fraction of sp³-hybridized carbons (Fsp3) is 0.476. The van der Waals surface area contributed by atoms with Gasteiger partial charge in [0.1, 0.15) is 17.8 Å². The van der Waals surface area contributed by atoms with Crippen LogP contribution in [0.4, 0.5) is 11.5 Å². The standard InChI is InChI=1S/C21H29N5O/c1-5-25-9-11-26(12-10-25)19-13-18(22-14-23-19)21(27)24-20-16(4)7-6-8-17(20)15(2)3/h6-8,13-15H,5,9-12H2,1-4H3,(H,24,27). The summed E-state index contributed by atoms with van der Waals surface area (Å²) < 4.78 is 0. The second kappa shape index (κ2) is 8.48. The number of aromatic nitrogens is 2. The second-order valence-corrected chi connectivity index (χ2v) is 7.33. The molecule has 2 heterocycles. The number of hydrogen-bond donors (Lipinski definition) is 1. The Bertz CT molecular complexity index is 797. The topological polar surface area (TPSA) is 61.4 Å². The van der Waals surface area contributed by atoms with E-state index in [1.807, 2.05) is 19.1 Å². The van der Waals surface area contributed by atoms with E-state index in [9.17, 15) is 4.79 Å². The number of hydrogen-bond acceptors (Lipinski definition) is 5. The third-order valence-corrected chi connectivity index (χ3v) is 5.19. The smallest absolute Gasteiger partial charge is 0.274 e. The van der Waals surface area contributed by atoms with Crippen molar-refractivity contribution in [3.05, 3.63) is 47.4 Å². The van der Waals surface area contributed by atoms with Gasteiger partial charge in [-0.25, -0.2) is 9.97 Å². The van der Waals surface area contributed by atoms with Crippen LogP contribution in [0.5, 0.6) is 0 Å². The number of nitrogens with zero attached hydrogens (tertiary/aromatic N) is 4. The van der Waals surface area contributed by atoms with Crippen molar-refractivity contribution >= 4 is 17.4 Å². The first-order valence-electron chi connectivity index (χ1n) is 9.69. The van der Waals surface area contributed by atoms with Crippen LogP contribution in [0.1, 0.15) is 48.3 Å². The van der Waals surface area contributed by atoms with Crippen molar-refractivity contribution in [1.82, 2.24) is 14.9 Å². The Morgan fingerprint density at radius 3 is 2.59 bits per heavy atom. The van der Waals surface area contributed by atoms with Crippen LogP contribution < -0.4 is 10.2 Å². The van der Waals surface area contributed by atoms with Gasteiger partial charge in [-0.15, -0.1) is 0 Å². The molecular weight excluding hydrogens is 338 g/mol. The van der Waals surface area contributed by atoms with Gasteiger partial charge in [0.15, 0.2) is 0 Å². The zero-order valence-electron chi connectivity index (χ0n) is 16.7. The van der Waals surface area contributed by atoms with E-state index in [-0.39, 0.29) is 5.91 Å². The molecule has 0 radical (unpaired) electrons. The van der Waals surface area contributed by atoms with Crippen molar-refractivity contribution in [2.24, 2.45) is 0 Å². The summed E-state index contributed by atoms with van der Waals surface area (Å²) in [7, 11) is 0. The summed E-state index contributed by atoms with van der Waals surface area (Å²) >= 11 is 0. The minimum atomic E-state index is -0.193. The molecule has 6 heteroatoms. The Morgan fingerprint density at radius 1 is 1.19 bits per heavy atom. The first-order chi connectivity index (χ1) is 13.0. The molecule has 0 unspecified atom stereocenters. The number of anilines is 2. The van der Waals surface area contributed by atoms with Crippen molar-refractivity contribution in [2.45, 2.75) is 33.6 Å². The molecule has 1 fully saturated rings. The summed E-state index contributed by atoms with van der Waals surface area (Å²) in [6, 6.07) is 7.90. The number of para-hydroxylation sites is 1. The highest BCUT2D eigenvalue weighted by atomic mass is 16.1. The summed E-state index contributed by atoms with van der Waals surface area (Å²) in [5, 5.41) is 3.07. The molecule has 2 aromatic rings. The normalized spacial score (nSPS) is 15.2. The summed E-state index contributed by atoms with van der Waals surface area (Å²) in [4.78, 5) is 26.1. The molecule has 3 rings (SSSR count). The molecule has 0 spiro atoms. The summed E-state index contributed by atoms with van der Waals surface area (Å²) in [5.74, 6) is 0.956. The fourth-order valence-corrected chi connectivity index (χ4v) is 3.46. The van der Waals surface area contributed by atoms with Gasteiger partial charge < -0.3 is 15.1 Å². The zero-order valence-corrected chi connectivity index (χ0v) is 16.7. The number of carbonyl (C=O) groups excluding carboxylic acids is 1. The third-order valence-electron chi connectivity index (χ3n) is 5.19. The van der Waals surface area contributed by atoms with Crippen molar-refractivity contribution in [3.63, 3.8) is 0 Å². The molecule has 6 nitrogen and oxygen atoms in total. The van der Waals surface area contributed by atoms with Gasteiger partial charge in [0.2, 0.25) is 0 Å². The molecule has 1 saturated heterocycles. The number of piperazine rings is 1. The van der Waals surface area contributed by atoms with Crippen LogP contribution in [0.25, 0.3) is 0 Å². The summed E-state index contributed by atoms with van der Waals surface area (Å²) in [5.41, 5.74) is 3.47. The number of amides is 1. The number of rotatable bonds is 5. The maximum Gasteiger partial charge on any atom is 0.274 e. The Balaban J connectivity index is 1.77. The molecule has 0 atom stereocenters. The Labute approximate surface area is 161 Å². The van der Waals surface area contributed by atoms with Crippen LogP contribution in [-0.4, -0.2) is 53.5 Å². The molecule has 1 amide bonds. The molecule has 0 bridgehead atoms. The lowest BCUT2D eigenvalue weighted by Crippen LogP contribution is -2.46. The summed E-state index contributed by atoms with van der Waals surface area (Å²) in [6.07, 6.45) is 1.48. The molecule has 0 aliphatic carbocycles. The van der Waals surface area contributed by atoms with Gasteiger partial charge in [-0.05, 0) is 30.5 Å². The van der Waals surface area contributed by atoms with E-state index >= 15 is 0 Å². The molecule has 144 valence electrons. The zero-order chi connectivity index (χ0) is 19.4. The number of aryl methyl sites for hydroxylation is 1. The van der Waals surface area contributed by atoms with E-state index in [0.29, 0.717) is 11.6 Å². The average molecular weight is 367 g/mol. The Morgan fingerprint density at radius 2 is 1.93 bits per heavy atom. The number of nitrogens with one attached hydrogen (secondary N) is 1. The number of benzene rings is 1. The average Bonchev–Trinajstić information content (AvgIpc) is 2.69. The van der Waals surface area contributed by atoms with Crippen LogP contribution in [0.2, 0.25) is 0 Å². The molecule has 1 aromatic carbocycles. The van der Waals surface area contributed by atoms with Crippen LogP contribution in [0, 0.1) is 6.92 Å². The van der Waals surface area contributed by atoms with Gasteiger partial charge in [0.25, 0.3) is 5.91 Å². The predicted octanol–water partition coefficient (Wildman–Crippen LogP) is 3.30. The van der Waals surface area contributed by atoms with Gasteiger partial charge >= 0.3 is 0 Å². The maximum absolute atomic E-state index is 12.8.